The number of aryl methyl sites for hydroxylation is 1. The molecule has 0 bridgehead atoms. The zero-order valence-corrected chi connectivity index (χ0v) is 14.1. The summed E-state index contributed by atoms with van der Waals surface area (Å²) in [7, 11) is 0. The lowest BCUT2D eigenvalue weighted by Crippen LogP contribution is -2.52. The van der Waals surface area contributed by atoms with Crippen LogP contribution in [0.3, 0.4) is 0 Å². The highest BCUT2D eigenvalue weighted by atomic mass is 15.0. The second-order valence-electron chi connectivity index (χ2n) is 8.49. The third-order valence-electron chi connectivity index (χ3n) is 4.33. The van der Waals surface area contributed by atoms with Crippen molar-refractivity contribution in [3.63, 3.8) is 0 Å². The Morgan fingerprint density at radius 3 is 2.20 bits per heavy atom. The summed E-state index contributed by atoms with van der Waals surface area (Å²) >= 11 is 0. The molecule has 0 aromatic heterocycles. The fourth-order valence-electron chi connectivity index (χ4n) is 3.96. The van der Waals surface area contributed by atoms with Crippen LogP contribution in [0.2, 0.25) is 0 Å². The van der Waals surface area contributed by atoms with Crippen molar-refractivity contribution >= 4 is 0 Å². The molecule has 1 aliphatic rings. The molecule has 1 saturated carbocycles. The van der Waals surface area contributed by atoms with E-state index >= 15 is 0 Å². The van der Waals surface area contributed by atoms with Gasteiger partial charge in [-0.1, -0.05) is 45.0 Å². The van der Waals surface area contributed by atoms with Gasteiger partial charge in [0.25, 0.3) is 0 Å². The molecule has 0 saturated heterocycles. The van der Waals surface area contributed by atoms with Gasteiger partial charge in [-0.2, -0.15) is 0 Å². The molecule has 1 aromatic carbocycles. The normalized spacial score (nSPS) is 23.5. The molecule has 1 nitrogen and oxygen atoms in total. The maximum atomic E-state index is 3.87. The summed E-state index contributed by atoms with van der Waals surface area (Å²) in [6.45, 7) is 13.9. The van der Waals surface area contributed by atoms with Crippen molar-refractivity contribution in [1.82, 2.24) is 5.32 Å². The summed E-state index contributed by atoms with van der Waals surface area (Å²) in [6.07, 6.45) is 3.79. The highest BCUT2D eigenvalue weighted by Crippen LogP contribution is 2.40. The monoisotopic (exact) mass is 273 g/mol. The smallest absolute Gasteiger partial charge is 0.0132 e. The van der Waals surface area contributed by atoms with Crippen molar-refractivity contribution in [3.8, 4) is 0 Å². The number of nitrogens with one attached hydrogen (secondary N) is 1. The van der Waals surface area contributed by atoms with E-state index < -0.39 is 0 Å². The van der Waals surface area contributed by atoms with Crippen LogP contribution in [0.5, 0.6) is 0 Å². The standard InChI is InChI=1S/C19H31N/c1-14-9-7-8-10-17(14)15-11-16(12-15)20-19(5,6)13-18(2,3)4/h7-10,15-16,20H,11-13H2,1-6H3. The molecule has 0 aliphatic heterocycles. The molecule has 1 heteroatoms. The molecule has 0 spiro atoms. The van der Waals surface area contributed by atoms with E-state index in [0.29, 0.717) is 11.5 Å². The largest absolute Gasteiger partial charge is 0.309 e. The zero-order chi connectivity index (χ0) is 15.0. The van der Waals surface area contributed by atoms with Crippen LogP contribution in [0.4, 0.5) is 0 Å². The summed E-state index contributed by atoms with van der Waals surface area (Å²) in [5, 5.41) is 3.87. The van der Waals surface area contributed by atoms with Gasteiger partial charge in [0.2, 0.25) is 0 Å². The number of hydrogen-bond acceptors (Lipinski definition) is 1. The fourth-order valence-corrected chi connectivity index (χ4v) is 3.96. The van der Waals surface area contributed by atoms with Crippen LogP contribution in [0.15, 0.2) is 24.3 Å². The van der Waals surface area contributed by atoms with Gasteiger partial charge in [0.1, 0.15) is 0 Å². The van der Waals surface area contributed by atoms with E-state index in [4.69, 9.17) is 0 Å². The Morgan fingerprint density at radius 2 is 1.65 bits per heavy atom. The summed E-state index contributed by atoms with van der Waals surface area (Å²) in [4.78, 5) is 0. The van der Waals surface area contributed by atoms with Crippen molar-refractivity contribution in [2.75, 3.05) is 0 Å². The summed E-state index contributed by atoms with van der Waals surface area (Å²) in [5.74, 6) is 0.763. The lowest BCUT2D eigenvalue weighted by Gasteiger charge is -2.44. The lowest BCUT2D eigenvalue weighted by molar-refractivity contribution is 0.176. The maximum absolute atomic E-state index is 3.87. The average Bonchev–Trinajstić information content (AvgIpc) is 2.21. The molecule has 112 valence electrons. The van der Waals surface area contributed by atoms with E-state index in [-0.39, 0.29) is 5.54 Å². The van der Waals surface area contributed by atoms with E-state index in [9.17, 15) is 0 Å². The number of benzene rings is 1. The van der Waals surface area contributed by atoms with E-state index in [0.717, 1.165) is 5.92 Å². The molecule has 1 fully saturated rings. The molecule has 1 N–H and O–H groups in total. The van der Waals surface area contributed by atoms with Crippen LogP contribution >= 0.6 is 0 Å². The van der Waals surface area contributed by atoms with Gasteiger partial charge in [-0.25, -0.2) is 0 Å². The van der Waals surface area contributed by atoms with E-state index in [2.05, 4.69) is 71.1 Å². The zero-order valence-electron chi connectivity index (χ0n) is 14.1. The first-order valence-electron chi connectivity index (χ1n) is 7.99. The minimum Gasteiger partial charge on any atom is -0.309 e. The first kappa shape index (κ1) is 15.6. The van der Waals surface area contributed by atoms with Crippen LogP contribution in [0, 0.1) is 12.3 Å². The minimum absolute atomic E-state index is 0.236. The molecular formula is C19H31N. The molecule has 1 aromatic rings. The van der Waals surface area contributed by atoms with Gasteiger partial charge in [-0.3, -0.25) is 0 Å². The quantitative estimate of drug-likeness (QED) is 0.810. The van der Waals surface area contributed by atoms with Gasteiger partial charge in [-0.15, -0.1) is 0 Å². The van der Waals surface area contributed by atoms with Gasteiger partial charge in [0.05, 0.1) is 0 Å². The molecule has 0 unspecified atom stereocenters. The lowest BCUT2D eigenvalue weighted by atomic mass is 9.73. The van der Waals surface area contributed by atoms with E-state index in [1.54, 1.807) is 5.56 Å². The Morgan fingerprint density at radius 1 is 1.05 bits per heavy atom. The molecule has 0 heterocycles. The highest BCUT2D eigenvalue weighted by molar-refractivity contribution is 5.31. The van der Waals surface area contributed by atoms with Gasteiger partial charge in [0, 0.05) is 11.6 Å². The summed E-state index contributed by atoms with van der Waals surface area (Å²) in [6, 6.07) is 9.54. The van der Waals surface area contributed by atoms with Crippen LogP contribution in [0.1, 0.15) is 70.9 Å². The van der Waals surface area contributed by atoms with Crippen molar-refractivity contribution in [3.05, 3.63) is 35.4 Å². The van der Waals surface area contributed by atoms with Gasteiger partial charge >= 0.3 is 0 Å². The van der Waals surface area contributed by atoms with Crippen LogP contribution in [-0.2, 0) is 0 Å². The number of rotatable bonds is 4. The summed E-state index contributed by atoms with van der Waals surface area (Å²) in [5.41, 5.74) is 3.62. The Balaban J connectivity index is 1.87. The third kappa shape index (κ3) is 4.09. The van der Waals surface area contributed by atoms with Crippen LogP contribution < -0.4 is 5.32 Å². The van der Waals surface area contributed by atoms with Gasteiger partial charge in [0.15, 0.2) is 0 Å². The first-order valence-corrected chi connectivity index (χ1v) is 7.99. The second kappa shape index (κ2) is 5.52. The van der Waals surface area contributed by atoms with Crippen molar-refractivity contribution < 1.29 is 0 Å². The first-order chi connectivity index (χ1) is 9.16. The SMILES string of the molecule is Cc1ccccc1C1CC(NC(C)(C)CC(C)(C)C)C1. The van der Waals surface area contributed by atoms with Crippen molar-refractivity contribution in [2.24, 2.45) is 5.41 Å². The molecule has 20 heavy (non-hydrogen) atoms. The Hall–Kier alpha value is -0.820. The third-order valence-corrected chi connectivity index (χ3v) is 4.33. The van der Waals surface area contributed by atoms with E-state index in [1.807, 2.05) is 0 Å². The molecule has 0 amide bonds. The fraction of sp³-hybridized carbons (Fsp3) is 0.684. The molecule has 0 atom stereocenters. The van der Waals surface area contributed by atoms with Crippen molar-refractivity contribution in [2.45, 2.75) is 78.3 Å². The Kier molecular flexibility index (Phi) is 4.30. The molecular weight excluding hydrogens is 242 g/mol. The molecule has 2 rings (SSSR count). The number of hydrogen-bond donors (Lipinski definition) is 1. The summed E-state index contributed by atoms with van der Waals surface area (Å²) < 4.78 is 0. The second-order valence-corrected chi connectivity index (χ2v) is 8.49. The van der Waals surface area contributed by atoms with Gasteiger partial charge < -0.3 is 5.32 Å². The van der Waals surface area contributed by atoms with E-state index in [1.165, 1.54) is 24.8 Å². The predicted molar refractivity (Wildman–Crippen MR) is 88.2 cm³/mol. The Labute approximate surface area is 125 Å². The topological polar surface area (TPSA) is 12.0 Å². The van der Waals surface area contributed by atoms with Gasteiger partial charge in [-0.05, 0) is 62.5 Å². The predicted octanol–water partition coefficient (Wildman–Crippen LogP) is 5.05. The maximum Gasteiger partial charge on any atom is 0.0132 e. The Bertz CT molecular complexity index is 447. The highest BCUT2D eigenvalue weighted by Gasteiger charge is 2.35. The van der Waals surface area contributed by atoms with Crippen molar-refractivity contribution in [1.29, 1.82) is 0 Å². The average molecular weight is 273 g/mol. The van der Waals surface area contributed by atoms with Crippen LogP contribution in [-0.4, -0.2) is 11.6 Å². The minimum atomic E-state index is 0.236. The molecule has 0 radical (unpaired) electrons. The van der Waals surface area contributed by atoms with Crippen LogP contribution in [0.25, 0.3) is 0 Å². The molecule has 1 aliphatic carbocycles.